The van der Waals surface area contributed by atoms with E-state index in [1.54, 1.807) is 0 Å². The van der Waals surface area contributed by atoms with Crippen molar-refractivity contribution in [2.24, 2.45) is 5.92 Å². The predicted octanol–water partition coefficient (Wildman–Crippen LogP) is 3.17. The van der Waals surface area contributed by atoms with Gasteiger partial charge < -0.3 is 5.32 Å². The highest BCUT2D eigenvalue weighted by molar-refractivity contribution is 6.31. The quantitative estimate of drug-likeness (QED) is 0.907. The Kier molecular flexibility index (Phi) is 4.18. The van der Waals surface area contributed by atoms with Crippen molar-refractivity contribution in [3.63, 3.8) is 0 Å². The molecular formula is C10H14Cl2N4. The molecule has 1 saturated carbocycles. The largest absolute Gasteiger partial charge is 0.354 e. The van der Waals surface area contributed by atoms with Gasteiger partial charge in [-0.3, -0.25) is 0 Å². The van der Waals surface area contributed by atoms with Crippen LogP contribution in [0.15, 0.2) is 0 Å². The van der Waals surface area contributed by atoms with Crippen molar-refractivity contribution in [1.29, 1.82) is 0 Å². The lowest BCUT2D eigenvalue weighted by atomic mass is 9.89. The van der Waals surface area contributed by atoms with Crippen molar-refractivity contribution in [2.45, 2.75) is 32.1 Å². The maximum Gasteiger partial charge on any atom is 0.228 e. The number of halogens is 2. The summed E-state index contributed by atoms with van der Waals surface area (Å²) in [6.45, 7) is 0.886. The number of rotatable bonds is 3. The number of nitrogens with zero attached hydrogens (tertiary/aromatic N) is 3. The molecule has 2 rings (SSSR count). The van der Waals surface area contributed by atoms with E-state index in [-0.39, 0.29) is 10.6 Å². The number of nitrogens with one attached hydrogen (secondary N) is 1. The van der Waals surface area contributed by atoms with Gasteiger partial charge in [0.15, 0.2) is 0 Å². The summed E-state index contributed by atoms with van der Waals surface area (Å²) in [6, 6.07) is 0. The lowest BCUT2D eigenvalue weighted by Gasteiger charge is -2.21. The van der Waals surface area contributed by atoms with Gasteiger partial charge in [0.2, 0.25) is 16.5 Å². The molecule has 1 aliphatic carbocycles. The Balaban J connectivity index is 1.88. The smallest absolute Gasteiger partial charge is 0.228 e. The average Bonchev–Trinajstić information content (AvgIpc) is 2.27. The molecular weight excluding hydrogens is 247 g/mol. The van der Waals surface area contributed by atoms with Crippen molar-refractivity contribution in [3.8, 4) is 0 Å². The van der Waals surface area contributed by atoms with Crippen LogP contribution in [0, 0.1) is 5.92 Å². The number of aromatic nitrogens is 3. The summed E-state index contributed by atoms with van der Waals surface area (Å²) >= 11 is 11.4. The van der Waals surface area contributed by atoms with Crippen LogP contribution in [0.1, 0.15) is 32.1 Å². The van der Waals surface area contributed by atoms with Crippen molar-refractivity contribution in [1.82, 2.24) is 15.0 Å². The van der Waals surface area contributed by atoms with Gasteiger partial charge in [0.1, 0.15) is 0 Å². The topological polar surface area (TPSA) is 50.7 Å². The fraction of sp³-hybridized carbons (Fsp3) is 0.700. The average molecular weight is 261 g/mol. The molecule has 0 saturated heterocycles. The van der Waals surface area contributed by atoms with Crippen LogP contribution in [0.5, 0.6) is 0 Å². The highest BCUT2D eigenvalue weighted by Gasteiger charge is 2.13. The van der Waals surface area contributed by atoms with E-state index in [4.69, 9.17) is 23.2 Å². The maximum atomic E-state index is 5.68. The zero-order valence-corrected chi connectivity index (χ0v) is 10.4. The summed E-state index contributed by atoms with van der Waals surface area (Å²) in [6.07, 6.45) is 6.56. The van der Waals surface area contributed by atoms with Crippen LogP contribution in [-0.4, -0.2) is 21.5 Å². The van der Waals surface area contributed by atoms with Gasteiger partial charge in [0, 0.05) is 6.54 Å². The van der Waals surface area contributed by atoms with Crippen molar-refractivity contribution < 1.29 is 0 Å². The van der Waals surface area contributed by atoms with E-state index in [9.17, 15) is 0 Å². The van der Waals surface area contributed by atoms with E-state index in [1.165, 1.54) is 32.1 Å². The van der Waals surface area contributed by atoms with Crippen LogP contribution >= 0.6 is 23.2 Å². The molecule has 1 heterocycles. The fourth-order valence-corrected chi connectivity index (χ4v) is 2.40. The fourth-order valence-electron chi connectivity index (χ4n) is 2.03. The van der Waals surface area contributed by atoms with Crippen LogP contribution in [0.4, 0.5) is 5.95 Å². The second-order valence-electron chi connectivity index (χ2n) is 4.08. The molecule has 0 amide bonds. The second kappa shape index (κ2) is 5.64. The third kappa shape index (κ3) is 3.46. The van der Waals surface area contributed by atoms with Gasteiger partial charge in [0.05, 0.1) is 0 Å². The Labute approximate surface area is 105 Å². The normalized spacial score (nSPS) is 17.4. The van der Waals surface area contributed by atoms with Crippen molar-refractivity contribution in [2.75, 3.05) is 11.9 Å². The van der Waals surface area contributed by atoms with Crippen LogP contribution in [-0.2, 0) is 0 Å². The lowest BCUT2D eigenvalue weighted by Crippen LogP contribution is -2.18. The third-order valence-electron chi connectivity index (χ3n) is 2.85. The molecule has 0 bridgehead atoms. The van der Waals surface area contributed by atoms with Crippen LogP contribution < -0.4 is 5.32 Å². The second-order valence-corrected chi connectivity index (χ2v) is 4.76. The Morgan fingerprint density at radius 3 is 2.25 bits per heavy atom. The minimum absolute atomic E-state index is 0.131. The monoisotopic (exact) mass is 260 g/mol. The first-order chi connectivity index (χ1) is 7.74. The van der Waals surface area contributed by atoms with E-state index in [0.717, 1.165) is 6.54 Å². The first kappa shape index (κ1) is 11.9. The molecule has 0 aliphatic heterocycles. The first-order valence-corrected chi connectivity index (χ1v) is 6.30. The van der Waals surface area contributed by atoms with Gasteiger partial charge >= 0.3 is 0 Å². The van der Waals surface area contributed by atoms with Crippen molar-refractivity contribution >= 4 is 29.2 Å². The van der Waals surface area contributed by atoms with Crippen LogP contribution in [0.25, 0.3) is 0 Å². The van der Waals surface area contributed by atoms with Gasteiger partial charge in [-0.25, -0.2) is 0 Å². The van der Waals surface area contributed by atoms with E-state index in [2.05, 4.69) is 20.3 Å². The number of hydrogen-bond donors (Lipinski definition) is 1. The molecule has 0 spiro atoms. The van der Waals surface area contributed by atoms with Crippen molar-refractivity contribution in [3.05, 3.63) is 10.6 Å². The SMILES string of the molecule is Clc1nc(Cl)nc(NCC2CCCCC2)n1. The molecule has 1 N–H and O–H groups in total. The summed E-state index contributed by atoms with van der Waals surface area (Å²) in [5.74, 6) is 1.18. The summed E-state index contributed by atoms with van der Waals surface area (Å²) < 4.78 is 0. The van der Waals surface area contributed by atoms with Crippen LogP contribution in [0.2, 0.25) is 10.6 Å². The number of hydrogen-bond acceptors (Lipinski definition) is 4. The third-order valence-corrected chi connectivity index (χ3v) is 3.19. The predicted molar refractivity (Wildman–Crippen MR) is 64.9 cm³/mol. The maximum absolute atomic E-state index is 5.68. The Morgan fingerprint density at radius 1 is 1.00 bits per heavy atom. The summed E-state index contributed by atoms with van der Waals surface area (Å²) in [5, 5.41) is 3.43. The van der Waals surface area contributed by atoms with Gasteiger partial charge in [-0.05, 0) is 42.0 Å². The van der Waals surface area contributed by atoms with Gasteiger partial charge in [0.25, 0.3) is 0 Å². The molecule has 0 unspecified atom stereocenters. The lowest BCUT2D eigenvalue weighted by molar-refractivity contribution is 0.373. The summed E-state index contributed by atoms with van der Waals surface area (Å²) in [4.78, 5) is 11.6. The molecule has 6 heteroatoms. The molecule has 4 nitrogen and oxygen atoms in total. The molecule has 1 aromatic rings. The zero-order chi connectivity index (χ0) is 11.4. The van der Waals surface area contributed by atoms with Gasteiger partial charge in [-0.2, -0.15) is 15.0 Å². The van der Waals surface area contributed by atoms with Gasteiger partial charge in [-0.1, -0.05) is 19.3 Å². The molecule has 0 aromatic carbocycles. The molecule has 0 atom stereocenters. The molecule has 88 valence electrons. The van der Waals surface area contributed by atoms with E-state index in [0.29, 0.717) is 11.9 Å². The van der Waals surface area contributed by atoms with Crippen LogP contribution in [0.3, 0.4) is 0 Å². The Hall–Kier alpha value is -0.610. The van der Waals surface area contributed by atoms with E-state index >= 15 is 0 Å². The van der Waals surface area contributed by atoms with E-state index < -0.39 is 0 Å². The molecule has 16 heavy (non-hydrogen) atoms. The van der Waals surface area contributed by atoms with Gasteiger partial charge in [-0.15, -0.1) is 0 Å². The minimum atomic E-state index is 0.131. The Bertz CT molecular complexity index is 332. The molecule has 1 fully saturated rings. The first-order valence-electron chi connectivity index (χ1n) is 5.55. The standard InChI is InChI=1S/C10H14Cl2N4/c11-8-14-9(12)16-10(15-8)13-6-7-4-2-1-3-5-7/h7H,1-6H2,(H,13,14,15,16). The minimum Gasteiger partial charge on any atom is -0.354 e. The number of anilines is 1. The summed E-state index contributed by atoms with van der Waals surface area (Å²) in [5.41, 5.74) is 0. The van der Waals surface area contributed by atoms with E-state index in [1.807, 2.05) is 0 Å². The molecule has 1 aromatic heterocycles. The molecule has 0 radical (unpaired) electrons. The Morgan fingerprint density at radius 2 is 1.62 bits per heavy atom. The summed E-state index contributed by atoms with van der Waals surface area (Å²) in [7, 11) is 0. The highest BCUT2D eigenvalue weighted by atomic mass is 35.5. The zero-order valence-electron chi connectivity index (χ0n) is 8.92. The molecule has 1 aliphatic rings. The highest BCUT2D eigenvalue weighted by Crippen LogP contribution is 2.23.